The van der Waals surface area contributed by atoms with Crippen LogP contribution in [0.5, 0.6) is 0 Å². The minimum atomic E-state index is 0.641. The highest BCUT2D eigenvalue weighted by Crippen LogP contribution is 2.46. The Labute approximate surface area is 244 Å². The zero-order chi connectivity index (χ0) is 27.6. The number of aromatic nitrogens is 3. The van der Waals surface area contributed by atoms with Crippen LogP contribution in [0.25, 0.3) is 87.0 Å². The van der Waals surface area contributed by atoms with Gasteiger partial charge in [0.05, 0.1) is 0 Å². The first-order chi connectivity index (χ1) is 20.8. The van der Waals surface area contributed by atoms with Crippen LogP contribution in [0.3, 0.4) is 0 Å². The molecule has 6 aromatic carbocycles. The standard InChI is InChI=1S/C37H21N3OS/c1-3-11-22(12-4-1)35-38-36(23-13-5-2-6-14-23)40-37(39-35)28-21-31-32(27-16-8-10-18-30(27)42-31)33-25(28)19-20-26-24-15-7-9-17-29(24)41-34(26)33/h1-21H. The van der Waals surface area contributed by atoms with Gasteiger partial charge in [-0.3, -0.25) is 0 Å². The Bertz CT molecular complexity index is 2400. The second kappa shape index (κ2) is 9.06. The summed E-state index contributed by atoms with van der Waals surface area (Å²) in [7, 11) is 0. The van der Waals surface area contributed by atoms with Crippen molar-refractivity contribution in [3.63, 3.8) is 0 Å². The SMILES string of the molecule is c1ccc(-c2nc(-c3ccccc3)nc(-c3cc4sc5ccccc5c4c4c3ccc3c5ccccc5oc34)n2)cc1. The maximum absolute atomic E-state index is 6.62. The van der Waals surface area contributed by atoms with E-state index in [1.165, 1.54) is 20.2 Å². The van der Waals surface area contributed by atoms with Gasteiger partial charge >= 0.3 is 0 Å². The van der Waals surface area contributed by atoms with E-state index in [1.54, 1.807) is 11.3 Å². The third kappa shape index (κ3) is 3.51. The lowest BCUT2D eigenvalue weighted by molar-refractivity contribution is 0.673. The van der Waals surface area contributed by atoms with Gasteiger partial charge in [0.1, 0.15) is 11.2 Å². The first-order valence-electron chi connectivity index (χ1n) is 13.9. The van der Waals surface area contributed by atoms with E-state index in [0.29, 0.717) is 17.5 Å². The molecule has 196 valence electrons. The molecule has 9 rings (SSSR count). The summed E-state index contributed by atoms with van der Waals surface area (Å²) in [5, 5.41) is 6.81. The molecule has 9 aromatic rings. The first kappa shape index (κ1) is 23.3. The lowest BCUT2D eigenvalue weighted by Crippen LogP contribution is -2.00. The molecule has 0 atom stereocenters. The Balaban J connectivity index is 1.43. The summed E-state index contributed by atoms with van der Waals surface area (Å²) in [5.74, 6) is 1.94. The maximum atomic E-state index is 6.62. The van der Waals surface area contributed by atoms with Crippen LogP contribution in [0.15, 0.2) is 132 Å². The van der Waals surface area contributed by atoms with Gasteiger partial charge in [-0.05, 0) is 29.7 Å². The van der Waals surface area contributed by atoms with Crippen LogP contribution in [0.4, 0.5) is 0 Å². The number of rotatable bonds is 3. The Kier molecular flexibility index (Phi) is 5.03. The molecule has 42 heavy (non-hydrogen) atoms. The van der Waals surface area contributed by atoms with E-state index in [-0.39, 0.29) is 0 Å². The number of nitrogens with zero attached hydrogens (tertiary/aromatic N) is 3. The van der Waals surface area contributed by atoms with Crippen LogP contribution in [-0.4, -0.2) is 15.0 Å². The Morgan fingerprint density at radius 3 is 1.79 bits per heavy atom. The van der Waals surface area contributed by atoms with Gasteiger partial charge < -0.3 is 4.42 Å². The molecule has 4 nitrogen and oxygen atoms in total. The number of thiophene rings is 1. The average Bonchev–Trinajstić information content (AvgIpc) is 3.63. The number of furan rings is 1. The number of hydrogen-bond donors (Lipinski definition) is 0. The van der Waals surface area contributed by atoms with Gasteiger partial charge in [-0.15, -0.1) is 11.3 Å². The van der Waals surface area contributed by atoms with Crippen molar-refractivity contribution < 1.29 is 4.42 Å². The molecule has 3 heterocycles. The van der Waals surface area contributed by atoms with Crippen LogP contribution in [-0.2, 0) is 0 Å². The third-order valence-electron chi connectivity index (χ3n) is 7.93. The van der Waals surface area contributed by atoms with E-state index in [1.807, 2.05) is 72.8 Å². The van der Waals surface area contributed by atoms with Crippen molar-refractivity contribution in [2.45, 2.75) is 0 Å². The summed E-state index contributed by atoms with van der Waals surface area (Å²) < 4.78 is 9.04. The van der Waals surface area contributed by atoms with Gasteiger partial charge in [-0.1, -0.05) is 103 Å². The van der Waals surface area contributed by atoms with Gasteiger partial charge in [-0.25, -0.2) is 15.0 Å². The van der Waals surface area contributed by atoms with Gasteiger partial charge in [-0.2, -0.15) is 0 Å². The molecule has 5 heteroatoms. The number of hydrogen-bond acceptors (Lipinski definition) is 5. The third-order valence-corrected chi connectivity index (χ3v) is 9.04. The second-order valence-corrected chi connectivity index (χ2v) is 11.5. The summed E-state index contributed by atoms with van der Waals surface area (Å²) in [5.41, 5.74) is 4.64. The van der Waals surface area contributed by atoms with E-state index >= 15 is 0 Å². The predicted octanol–water partition coefficient (Wildman–Crippen LogP) is 10.3. The second-order valence-electron chi connectivity index (χ2n) is 10.4. The van der Waals surface area contributed by atoms with E-state index in [4.69, 9.17) is 19.4 Å². The van der Waals surface area contributed by atoms with Crippen LogP contribution >= 0.6 is 11.3 Å². The summed E-state index contributed by atoms with van der Waals surface area (Å²) in [4.78, 5) is 15.1. The Morgan fingerprint density at radius 1 is 0.452 bits per heavy atom. The van der Waals surface area contributed by atoms with E-state index in [0.717, 1.165) is 49.4 Å². The van der Waals surface area contributed by atoms with Crippen LogP contribution in [0, 0.1) is 0 Å². The van der Waals surface area contributed by atoms with Crippen molar-refractivity contribution in [3.8, 4) is 34.2 Å². The molecule has 0 N–H and O–H groups in total. The van der Waals surface area contributed by atoms with E-state index in [2.05, 4.69) is 54.6 Å². The summed E-state index contributed by atoms with van der Waals surface area (Å²) >= 11 is 1.79. The quantitative estimate of drug-likeness (QED) is 0.218. The topological polar surface area (TPSA) is 51.8 Å². The van der Waals surface area contributed by atoms with Crippen molar-refractivity contribution in [1.29, 1.82) is 0 Å². The molecular weight excluding hydrogens is 534 g/mol. The minimum absolute atomic E-state index is 0.641. The molecule has 0 aliphatic carbocycles. The Morgan fingerprint density at radius 2 is 1.05 bits per heavy atom. The van der Waals surface area contributed by atoms with Crippen molar-refractivity contribution in [2.75, 3.05) is 0 Å². The molecule has 0 amide bonds. The fraction of sp³-hybridized carbons (Fsp3) is 0. The minimum Gasteiger partial charge on any atom is -0.455 e. The molecule has 0 unspecified atom stereocenters. The zero-order valence-corrected chi connectivity index (χ0v) is 23.1. The highest BCUT2D eigenvalue weighted by atomic mass is 32.1. The molecule has 0 fully saturated rings. The fourth-order valence-corrected chi connectivity index (χ4v) is 7.16. The summed E-state index contributed by atoms with van der Waals surface area (Å²) in [6.07, 6.45) is 0. The average molecular weight is 556 g/mol. The first-order valence-corrected chi connectivity index (χ1v) is 14.7. The fourth-order valence-electron chi connectivity index (χ4n) is 6.01. The number of benzene rings is 6. The molecule has 0 bridgehead atoms. The van der Waals surface area contributed by atoms with Crippen molar-refractivity contribution in [3.05, 3.63) is 127 Å². The largest absolute Gasteiger partial charge is 0.455 e. The summed E-state index contributed by atoms with van der Waals surface area (Å²) in [6, 6.07) is 43.7. The summed E-state index contributed by atoms with van der Waals surface area (Å²) in [6.45, 7) is 0. The van der Waals surface area contributed by atoms with E-state index in [9.17, 15) is 0 Å². The molecular formula is C37H21N3OS. The normalized spacial score (nSPS) is 11.8. The molecule has 0 saturated heterocycles. The Hall–Kier alpha value is -5.39. The van der Waals surface area contributed by atoms with Crippen LogP contribution in [0.1, 0.15) is 0 Å². The molecule has 0 saturated carbocycles. The number of fused-ring (bicyclic) bond motifs is 9. The van der Waals surface area contributed by atoms with Gasteiger partial charge in [0.15, 0.2) is 17.5 Å². The van der Waals surface area contributed by atoms with E-state index < -0.39 is 0 Å². The van der Waals surface area contributed by atoms with Crippen molar-refractivity contribution >= 4 is 64.2 Å². The van der Waals surface area contributed by atoms with Crippen molar-refractivity contribution in [1.82, 2.24) is 15.0 Å². The zero-order valence-electron chi connectivity index (χ0n) is 22.3. The van der Waals surface area contributed by atoms with Crippen LogP contribution < -0.4 is 0 Å². The lowest BCUT2D eigenvalue weighted by atomic mass is 9.96. The van der Waals surface area contributed by atoms with Gasteiger partial charge in [0.2, 0.25) is 0 Å². The highest BCUT2D eigenvalue weighted by molar-refractivity contribution is 7.26. The van der Waals surface area contributed by atoms with Gasteiger partial charge in [0, 0.05) is 53.0 Å². The van der Waals surface area contributed by atoms with Crippen molar-refractivity contribution in [2.24, 2.45) is 0 Å². The monoisotopic (exact) mass is 555 g/mol. The molecule has 0 aliphatic rings. The molecule has 0 aliphatic heterocycles. The molecule has 0 radical (unpaired) electrons. The lowest BCUT2D eigenvalue weighted by Gasteiger charge is -2.12. The van der Waals surface area contributed by atoms with Gasteiger partial charge in [0.25, 0.3) is 0 Å². The maximum Gasteiger partial charge on any atom is 0.164 e. The number of para-hydroxylation sites is 1. The molecule has 0 spiro atoms. The van der Waals surface area contributed by atoms with Crippen LogP contribution in [0.2, 0.25) is 0 Å². The smallest absolute Gasteiger partial charge is 0.164 e. The highest BCUT2D eigenvalue weighted by Gasteiger charge is 2.21. The predicted molar refractivity (Wildman–Crippen MR) is 174 cm³/mol. The molecule has 3 aromatic heterocycles.